The first-order chi connectivity index (χ1) is 5.41. The lowest BCUT2D eigenvalue weighted by atomic mass is 10.2. The molecule has 0 unspecified atom stereocenters. The summed E-state index contributed by atoms with van der Waals surface area (Å²) >= 11 is 0. The van der Waals surface area contributed by atoms with Crippen LogP contribution < -0.4 is 5.73 Å². The summed E-state index contributed by atoms with van der Waals surface area (Å²) in [6, 6.07) is 0. The van der Waals surface area contributed by atoms with Gasteiger partial charge in [0.2, 0.25) is 0 Å². The Labute approximate surface area is 83.8 Å². The van der Waals surface area contributed by atoms with Gasteiger partial charge in [-0.1, -0.05) is 26.2 Å². The zero-order chi connectivity index (χ0) is 10.0. The van der Waals surface area contributed by atoms with E-state index in [1.165, 1.54) is 25.7 Å². The summed E-state index contributed by atoms with van der Waals surface area (Å²) in [5.41, 5.74) is 5.27. The quantitative estimate of drug-likeness (QED) is 0.544. The maximum Gasteiger partial charge on any atom is 0.0675 e. The van der Waals surface area contributed by atoms with Gasteiger partial charge in [0.15, 0.2) is 0 Å². The Morgan fingerprint density at radius 2 is 1.31 bits per heavy atom. The van der Waals surface area contributed by atoms with Crippen molar-refractivity contribution < 1.29 is 9.96 Å². The van der Waals surface area contributed by atoms with E-state index in [1.54, 1.807) is 0 Å². The third-order valence-corrected chi connectivity index (χ3v) is 1.06. The summed E-state index contributed by atoms with van der Waals surface area (Å²) < 4.78 is 1.00. The van der Waals surface area contributed by atoms with E-state index in [2.05, 4.69) is 35.1 Å². The molecule has 0 amide bonds. The summed E-state index contributed by atoms with van der Waals surface area (Å²) in [7, 11) is 8.50. The summed E-state index contributed by atoms with van der Waals surface area (Å²) in [4.78, 5) is 0. The topological polar surface area (TPSA) is 56.0 Å². The number of hydrogen-bond donors (Lipinski definition) is 1. The van der Waals surface area contributed by atoms with E-state index < -0.39 is 0 Å². The highest BCUT2D eigenvalue weighted by Crippen LogP contribution is 1.95. The van der Waals surface area contributed by atoms with Gasteiger partial charge in [-0.3, -0.25) is 0 Å². The summed E-state index contributed by atoms with van der Waals surface area (Å²) in [5, 5.41) is 0. The molecule has 0 spiro atoms. The van der Waals surface area contributed by atoms with Gasteiger partial charge in [0.05, 0.1) is 28.2 Å². The van der Waals surface area contributed by atoms with Gasteiger partial charge in [0.25, 0.3) is 0 Å². The van der Waals surface area contributed by atoms with Gasteiger partial charge < -0.3 is 15.7 Å². The highest BCUT2D eigenvalue weighted by atomic mass is 16.0. The third kappa shape index (κ3) is 77.0. The molecule has 0 aromatic rings. The molecule has 13 heavy (non-hydrogen) atoms. The van der Waals surface area contributed by atoms with E-state index in [4.69, 9.17) is 5.73 Å². The highest BCUT2D eigenvalue weighted by Gasteiger charge is 1.88. The van der Waals surface area contributed by atoms with Crippen molar-refractivity contribution in [3.63, 3.8) is 0 Å². The fraction of sp³-hybridized carbons (Fsp3) is 1.00. The normalized spacial score (nSPS) is 9.69. The van der Waals surface area contributed by atoms with Crippen molar-refractivity contribution in [1.82, 2.24) is 0 Å². The Morgan fingerprint density at radius 1 is 0.923 bits per heavy atom. The molecule has 0 aliphatic heterocycles. The second-order valence-electron chi connectivity index (χ2n) is 4.53. The van der Waals surface area contributed by atoms with Gasteiger partial charge in [-0.15, -0.1) is 0 Å². The lowest BCUT2D eigenvalue weighted by Gasteiger charge is -2.14. The molecule has 0 bridgehead atoms. The minimum atomic E-state index is 0. The fourth-order valence-electron chi connectivity index (χ4n) is 0.571. The Bertz CT molecular complexity index is 69.5. The molecule has 0 aliphatic rings. The van der Waals surface area contributed by atoms with Crippen LogP contribution in [0.1, 0.15) is 32.6 Å². The van der Waals surface area contributed by atoms with Crippen LogP contribution in [0.25, 0.3) is 0 Å². The first-order valence-electron chi connectivity index (χ1n) is 4.90. The van der Waals surface area contributed by atoms with Crippen LogP contribution in [0, 0.1) is 0 Å². The summed E-state index contributed by atoms with van der Waals surface area (Å²) in [6.07, 6.45) is 5.16. The predicted molar refractivity (Wildman–Crippen MR) is 59.1 cm³/mol. The minimum absolute atomic E-state index is 0. The lowest BCUT2D eigenvalue weighted by molar-refractivity contribution is -0.849. The molecule has 0 heterocycles. The molecule has 3 nitrogen and oxygen atoms in total. The largest absolute Gasteiger partial charge is 0.870 e. The SMILES string of the molecule is CCCCCCN.C[N+](C)(C)C.[OH-]. The van der Waals surface area contributed by atoms with E-state index in [9.17, 15) is 0 Å². The number of rotatable bonds is 4. The van der Waals surface area contributed by atoms with Crippen molar-refractivity contribution in [2.45, 2.75) is 32.6 Å². The van der Waals surface area contributed by atoms with E-state index in [-0.39, 0.29) is 5.48 Å². The first-order valence-corrected chi connectivity index (χ1v) is 4.90. The van der Waals surface area contributed by atoms with Crippen molar-refractivity contribution in [1.29, 1.82) is 0 Å². The molecule has 84 valence electrons. The smallest absolute Gasteiger partial charge is 0.0675 e. The fourth-order valence-corrected chi connectivity index (χ4v) is 0.571. The average Bonchev–Trinajstić information content (AvgIpc) is 1.85. The van der Waals surface area contributed by atoms with Crippen LogP contribution >= 0.6 is 0 Å². The molecule has 0 aliphatic carbocycles. The van der Waals surface area contributed by atoms with Gasteiger partial charge in [-0.05, 0) is 13.0 Å². The number of nitrogens with two attached hydrogens (primary N) is 1. The van der Waals surface area contributed by atoms with Crippen LogP contribution in [0.5, 0.6) is 0 Å². The van der Waals surface area contributed by atoms with Gasteiger partial charge in [0.1, 0.15) is 0 Å². The number of unbranched alkanes of at least 4 members (excludes halogenated alkanes) is 3. The van der Waals surface area contributed by atoms with Gasteiger partial charge in [-0.25, -0.2) is 0 Å². The molecule has 0 saturated carbocycles. The number of quaternary nitrogens is 1. The molecule has 3 heteroatoms. The minimum Gasteiger partial charge on any atom is -0.870 e. The predicted octanol–water partition coefficient (Wildman–Crippen LogP) is 1.67. The van der Waals surface area contributed by atoms with Crippen molar-refractivity contribution in [3.05, 3.63) is 0 Å². The summed E-state index contributed by atoms with van der Waals surface area (Å²) in [6.45, 7) is 3.07. The Balaban J connectivity index is -0.000000150. The second-order valence-corrected chi connectivity index (χ2v) is 4.53. The van der Waals surface area contributed by atoms with E-state index in [0.29, 0.717) is 0 Å². The van der Waals surface area contributed by atoms with Crippen LogP contribution in [-0.4, -0.2) is 44.7 Å². The van der Waals surface area contributed by atoms with E-state index in [0.717, 1.165) is 11.0 Å². The van der Waals surface area contributed by atoms with Crippen molar-refractivity contribution >= 4 is 0 Å². The van der Waals surface area contributed by atoms with Gasteiger partial charge >= 0.3 is 0 Å². The van der Waals surface area contributed by atoms with E-state index in [1.807, 2.05) is 0 Å². The molecule has 0 rings (SSSR count). The van der Waals surface area contributed by atoms with Crippen molar-refractivity contribution in [3.8, 4) is 0 Å². The lowest BCUT2D eigenvalue weighted by Crippen LogP contribution is -2.27. The third-order valence-electron chi connectivity index (χ3n) is 1.06. The van der Waals surface area contributed by atoms with Crippen LogP contribution in [0.2, 0.25) is 0 Å². The highest BCUT2D eigenvalue weighted by molar-refractivity contribution is 4.38. The second kappa shape index (κ2) is 11.9. The molecule has 0 atom stereocenters. The van der Waals surface area contributed by atoms with Crippen LogP contribution in [0.3, 0.4) is 0 Å². The van der Waals surface area contributed by atoms with E-state index >= 15 is 0 Å². The zero-order valence-electron chi connectivity index (χ0n) is 10.0. The van der Waals surface area contributed by atoms with Gasteiger partial charge in [-0.2, -0.15) is 0 Å². The zero-order valence-corrected chi connectivity index (χ0v) is 10.0. The number of nitrogens with zero attached hydrogens (tertiary/aromatic N) is 1. The van der Waals surface area contributed by atoms with Crippen LogP contribution in [-0.2, 0) is 0 Å². The Kier molecular flexibility index (Phi) is 17.0. The average molecular weight is 192 g/mol. The monoisotopic (exact) mass is 192 g/mol. The Hall–Kier alpha value is -0.120. The maximum atomic E-state index is 5.27. The van der Waals surface area contributed by atoms with Crippen molar-refractivity contribution in [2.24, 2.45) is 5.73 Å². The molecule has 0 aromatic heterocycles. The van der Waals surface area contributed by atoms with Crippen LogP contribution in [0.4, 0.5) is 0 Å². The summed E-state index contributed by atoms with van der Waals surface area (Å²) in [5.74, 6) is 0. The molecule has 0 fully saturated rings. The molecular formula is C10H28N2O. The molecule has 0 radical (unpaired) electrons. The van der Waals surface area contributed by atoms with Gasteiger partial charge in [0, 0.05) is 0 Å². The molecule has 0 saturated heterocycles. The standard InChI is InChI=1S/C6H15N.C4H12N.H2O/c1-2-3-4-5-6-7;1-5(2,3)4;/h2-7H2,1H3;1-4H3;1H2/q;+1;/p-1. The Morgan fingerprint density at radius 3 is 1.54 bits per heavy atom. The molecular weight excluding hydrogens is 164 g/mol. The van der Waals surface area contributed by atoms with Crippen LogP contribution in [0.15, 0.2) is 0 Å². The number of hydrogen-bond acceptors (Lipinski definition) is 2. The first kappa shape index (κ1) is 18.6. The van der Waals surface area contributed by atoms with Crippen molar-refractivity contribution in [2.75, 3.05) is 34.7 Å². The molecule has 3 N–H and O–H groups in total. The maximum absolute atomic E-state index is 5.27. The molecule has 0 aromatic carbocycles.